The fraction of sp³-hybridized carbons (Fsp3) is 0.611. The Labute approximate surface area is 124 Å². The number of rotatable bonds is 3. The van der Waals surface area contributed by atoms with Gasteiger partial charge in [0.1, 0.15) is 11.6 Å². The summed E-state index contributed by atoms with van der Waals surface area (Å²) in [7, 11) is 1.60. The number of aldehydes is 1. The maximum Gasteiger partial charge on any atom is 0.153 e. The highest BCUT2D eigenvalue weighted by molar-refractivity contribution is 5.76. The van der Waals surface area contributed by atoms with Gasteiger partial charge in [0.05, 0.1) is 12.7 Å². The second kappa shape index (κ2) is 4.56. The summed E-state index contributed by atoms with van der Waals surface area (Å²) in [5, 5.41) is 0. The molecule has 0 unspecified atom stereocenters. The number of hydrogen-bond donors (Lipinski definition) is 0. The molecule has 4 fully saturated rings. The van der Waals surface area contributed by atoms with Crippen LogP contribution < -0.4 is 4.74 Å². The van der Waals surface area contributed by atoms with Gasteiger partial charge in [-0.1, -0.05) is 0 Å². The Morgan fingerprint density at radius 2 is 1.71 bits per heavy atom. The van der Waals surface area contributed by atoms with Crippen molar-refractivity contribution in [3.05, 3.63) is 29.1 Å². The van der Waals surface area contributed by atoms with Gasteiger partial charge in [-0.05, 0) is 67.8 Å². The molecule has 0 aliphatic heterocycles. The highest BCUT2D eigenvalue weighted by Gasteiger charge is 2.52. The molecule has 0 N–H and O–H groups in total. The van der Waals surface area contributed by atoms with Gasteiger partial charge in [-0.25, -0.2) is 4.39 Å². The zero-order chi connectivity index (χ0) is 14.6. The molecule has 1 aromatic rings. The van der Waals surface area contributed by atoms with Gasteiger partial charge in [-0.15, -0.1) is 0 Å². The molecule has 4 bridgehead atoms. The van der Waals surface area contributed by atoms with Gasteiger partial charge in [0.15, 0.2) is 6.29 Å². The molecule has 1 aromatic carbocycles. The normalized spacial score (nSPS) is 36.8. The van der Waals surface area contributed by atoms with Crippen LogP contribution in [-0.4, -0.2) is 13.4 Å². The third-order valence-electron chi connectivity index (χ3n) is 6.06. The summed E-state index contributed by atoms with van der Waals surface area (Å²) < 4.78 is 19.3. The molecule has 5 rings (SSSR count). The number of carbonyl (C=O) groups excluding carboxylic acids is 1. The third-order valence-corrected chi connectivity index (χ3v) is 6.06. The molecular formula is C18H21FO2. The molecule has 4 aliphatic rings. The zero-order valence-electron chi connectivity index (χ0n) is 12.4. The molecule has 21 heavy (non-hydrogen) atoms. The smallest absolute Gasteiger partial charge is 0.153 e. The van der Waals surface area contributed by atoms with Crippen molar-refractivity contribution in [3.8, 4) is 5.75 Å². The van der Waals surface area contributed by atoms with E-state index in [0.29, 0.717) is 12.0 Å². The molecule has 0 spiro atoms. The van der Waals surface area contributed by atoms with E-state index in [-0.39, 0.29) is 11.0 Å². The molecule has 3 heteroatoms. The van der Waals surface area contributed by atoms with E-state index in [1.54, 1.807) is 13.2 Å². The van der Waals surface area contributed by atoms with Crippen molar-refractivity contribution in [1.82, 2.24) is 0 Å². The van der Waals surface area contributed by atoms with Gasteiger partial charge in [-0.2, -0.15) is 0 Å². The van der Waals surface area contributed by atoms with Crippen molar-refractivity contribution in [1.29, 1.82) is 0 Å². The van der Waals surface area contributed by atoms with Gasteiger partial charge >= 0.3 is 0 Å². The van der Waals surface area contributed by atoms with Crippen LogP contribution >= 0.6 is 0 Å². The Kier molecular flexibility index (Phi) is 2.88. The van der Waals surface area contributed by atoms with Crippen molar-refractivity contribution >= 4 is 6.29 Å². The number of carbonyl (C=O) groups is 1. The summed E-state index contributed by atoms with van der Waals surface area (Å²) in [5.41, 5.74) is 1.36. The van der Waals surface area contributed by atoms with E-state index in [9.17, 15) is 9.18 Å². The minimum absolute atomic E-state index is 0.117. The number of halogens is 1. The Morgan fingerprint density at radius 1 is 1.14 bits per heavy atom. The van der Waals surface area contributed by atoms with Crippen LogP contribution in [-0.2, 0) is 5.41 Å². The van der Waals surface area contributed by atoms with E-state index in [1.165, 1.54) is 44.6 Å². The van der Waals surface area contributed by atoms with E-state index in [0.717, 1.165) is 23.3 Å². The first-order valence-corrected chi connectivity index (χ1v) is 7.97. The van der Waals surface area contributed by atoms with E-state index < -0.39 is 5.82 Å². The molecular weight excluding hydrogens is 267 g/mol. The Hall–Kier alpha value is -1.38. The summed E-state index contributed by atoms with van der Waals surface area (Å²) >= 11 is 0. The predicted octanol–water partition coefficient (Wildman–Crippen LogP) is 4.11. The molecule has 2 nitrogen and oxygen atoms in total. The lowest BCUT2D eigenvalue weighted by Crippen LogP contribution is -2.48. The SMILES string of the molecule is COc1cc(F)c(C=O)cc1C12CC3CC(CC(C3)C1)C2. The van der Waals surface area contributed by atoms with Crippen molar-refractivity contribution in [2.75, 3.05) is 7.11 Å². The average Bonchev–Trinajstić information content (AvgIpc) is 2.45. The minimum Gasteiger partial charge on any atom is -0.496 e. The van der Waals surface area contributed by atoms with Crippen LogP contribution in [0.25, 0.3) is 0 Å². The van der Waals surface area contributed by atoms with E-state index in [2.05, 4.69) is 0 Å². The fourth-order valence-corrected chi connectivity index (χ4v) is 5.69. The van der Waals surface area contributed by atoms with Gasteiger partial charge in [0.2, 0.25) is 0 Å². The monoisotopic (exact) mass is 288 g/mol. The number of benzene rings is 1. The summed E-state index contributed by atoms with van der Waals surface area (Å²) in [6, 6.07) is 3.16. The molecule has 112 valence electrons. The summed E-state index contributed by atoms with van der Waals surface area (Å²) in [6.07, 6.45) is 8.26. The molecule has 0 saturated heterocycles. The van der Waals surface area contributed by atoms with Gasteiger partial charge in [-0.3, -0.25) is 4.79 Å². The highest BCUT2D eigenvalue weighted by Crippen LogP contribution is 2.61. The number of ether oxygens (including phenoxy) is 1. The predicted molar refractivity (Wildman–Crippen MR) is 78.2 cm³/mol. The van der Waals surface area contributed by atoms with Crippen molar-refractivity contribution < 1.29 is 13.9 Å². The maximum absolute atomic E-state index is 13.9. The molecule has 0 aromatic heterocycles. The largest absolute Gasteiger partial charge is 0.496 e. The topological polar surface area (TPSA) is 26.3 Å². The maximum atomic E-state index is 13.9. The summed E-state index contributed by atoms with van der Waals surface area (Å²) in [6.45, 7) is 0. The van der Waals surface area contributed by atoms with Crippen LogP contribution in [0.15, 0.2) is 12.1 Å². The molecule has 4 aliphatic carbocycles. The lowest BCUT2D eigenvalue weighted by atomic mass is 9.48. The summed E-state index contributed by atoms with van der Waals surface area (Å²) in [5.74, 6) is 2.58. The van der Waals surface area contributed by atoms with Crippen molar-refractivity contribution in [3.63, 3.8) is 0 Å². The summed E-state index contributed by atoms with van der Waals surface area (Å²) in [4.78, 5) is 11.1. The van der Waals surface area contributed by atoms with Crippen LogP contribution in [0.3, 0.4) is 0 Å². The second-order valence-electron chi connectivity index (χ2n) is 7.39. The molecule has 0 radical (unpaired) electrons. The average molecular weight is 288 g/mol. The molecule has 0 atom stereocenters. The molecule has 0 heterocycles. The highest BCUT2D eigenvalue weighted by atomic mass is 19.1. The third kappa shape index (κ3) is 1.93. The van der Waals surface area contributed by atoms with E-state index in [4.69, 9.17) is 4.74 Å². The zero-order valence-corrected chi connectivity index (χ0v) is 12.4. The van der Waals surface area contributed by atoms with Gasteiger partial charge < -0.3 is 4.74 Å². The Bertz CT molecular complexity index is 558. The first-order valence-electron chi connectivity index (χ1n) is 7.97. The van der Waals surface area contributed by atoms with Gasteiger partial charge in [0.25, 0.3) is 0 Å². The lowest BCUT2D eigenvalue weighted by Gasteiger charge is -2.57. The van der Waals surface area contributed by atoms with Gasteiger partial charge in [0, 0.05) is 11.6 Å². The molecule has 0 amide bonds. The van der Waals surface area contributed by atoms with Crippen LogP contribution in [0, 0.1) is 23.6 Å². The number of methoxy groups -OCH3 is 1. The van der Waals surface area contributed by atoms with Crippen LogP contribution in [0.4, 0.5) is 4.39 Å². The van der Waals surface area contributed by atoms with Crippen LogP contribution in [0.2, 0.25) is 0 Å². The minimum atomic E-state index is -0.477. The van der Waals surface area contributed by atoms with Crippen LogP contribution in [0.1, 0.15) is 54.4 Å². The second-order valence-corrected chi connectivity index (χ2v) is 7.39. The van der Waals surface area contributed by atoms with Crippen molar-refractivity contribution in [2.24, 2.45) is 17.8 Å². The fourth-order valence-electron chi connectivity index (χ4n) is 5.69. The Balaban J connectivity index is 1.84. The quantitative estimate of drug-likeness (QED) is 0.782. The van der Waals surface area contributed by atoms with E-state index >= 15 is 0 Å². The van der Waals surface area contributed by atoms with Crippen LogP contribution in [0.5, 0.6) is 5.75 Å². The van der Waals surface area contributed by atoms with Crippen molar-refractivity contribution in [2.45, 2.75) is 43.9 Å². The number of hydrogen-bond acceptors (Lipinski definition) is 2. The molecule has 4 saturated carbocycles. The lowest BCUT2D eigenvalue weighted by molar-refractivity contribution is -0.00620. The Morgan fingerprint density at radius 3 is 2.19 bits per heavy atom. The first kappa shape index (κ1) is 13.3. The first-order chi connectivity index (χ1) is 10.1. The van der Waals surface area contributed by atoms with E-state index in [1.807, 2.05) is 0 Å². The standard InChI is InChI=1S/C18H21FO2/c1-21-17-6-16(19)14(10-20)5-15(17)18-7-11-2-12(8-18)4-13(3-11)9-18/h5-6,10-13H,2-4,7-9H2,1H3.